The van der Waals surface area contributed by atoms with Crippen molar-refractivity contribution in [1.82, 2.24) is 27.8 Å². The highest BCUT2D eigenvalue weighted by molar-refractivity contribution is 7.00. The average molecular weight is 1010 g/mol. The number of hydrogen-bond donors (Lipinski definition) is 0. The van der Waals surface area contributed by atoms with E-state index in [4.69, 9.17) is 18.7 Å². The Morgan fingerprint density at radius 3 is 0.948 bits per heavy atom. The highest BCUT2D eigenvalue weighted by atomic mass is 32.1. The third-order valence-electron chi connectivity index (χ3n) is 14.7. The van der Waals surface area contributed by atoms with E-state index in [1.165, 1.54) is 33.3 Å². The lowest BCUT2D eigenvalue weighted by molar-refractivity contribution is 1.14. The van der Waals surface area contributed by atoms with Crippen molar-refractivity contribution in [3.63, 3.8) is 0 Å². The Bertz CT molecular complexity index is 4300. The van der Waals surface area contributed by atoms with E-state index in [2.05, 4.69) is 274 Å². The molecule has 0 saturated heterocycles. The first-order valence-corrected chi connectivity index (χ1v) is 26.5. The maximum atomic E-state index is 5.99. The number of nitrogens with zero attached hydrogens (tertiary/aromatic N) is 8. The second-order valence-electron chi connectivity index (χ2n) is 19.1. The monoisotopic (exact) mass is 1000 g/mol. The van der Waals surface area contributed by atoms with Gasteiger partial charge in [0.05, 0.1) is 67.9 Å². The van der Waals surface area contributed by atoms with Crippen LogP contribution in [0.2, 0.25) is 0 Å². The number of benzene rings is 11. The molecule has 0 unspecified atom stereocenters. The minimum Gasteiger partial charge on any atom is -0.307 e. The molecule has 0 aliphatic rings. The normalized spacial score (nSPS) is 11.6. The number of rotatable bonds is 10. The summed E-state index contributed by atoms with van der Waals surface area (Å²) in [6.07, 6.45) is 0. The van der Waals surface area contributed by atoms with E-state index in [0.29, 0.717) is 22.1 Å². The van der Waals surface area contributed by atoms with Gasteiger partial charge in [-0.05, 0) is 72.8 Å². The molecule has 0 fully saturated rings. The Labute approximate surface area is 447 Å². The number of para-hydroxylation sites is 10. The number of anilines is 6. The van der Waals surface area contributed by atoms with Crippen LogP contribution in [0.3, 0.4) is 0 Å². The van der Waals surface area contributed by atoms with Crippen molar-refractivity contribution in [2.45, 2.75) is 0 Å². The molecule has 0 bridgehead atoms. The molecule has 362 valence electrons. The first-order valence-electron chi connectivity index (χ1n) is 25.7. The van der Waals surface area contributed by atoms with E-state index in [1.807, 2.05) is 12.1 Å². The number of hydrogen-bond acceptors (Lipinski definition) is 7. The van der Waals surface area contributed by atoms with Gasteiger partial charge in [-0.1, -0.05) is 194 Å². The summed E-state index contributed by atoms with van der Waals surface area (Å²) in [5.74, 6) is 0. The minimum atomic E-state index is 0.662. The van der Waals surface area contributed by atoms with Gasteiger partial charge in [0, 0.05) is 44.0 Å². The maximum absolute atomic E-state index is 5.99. The lowest BCUT2D eigenvalue weighted by Gasteiger charge is -2.32. The lowest BCUT2D eigenvalue weighted by Crippen LogP contribution is -2.18. The fraction of sp³-hybridized carbons (Fsp3) is 0. The van der Waals surface area contributed by atoms with Crippen molar-refractivity contribution in [2.75, 3.05) is 9.80 Å². The van der Waals surface area contributed by atoms with Crippen molar-refractivity contribution in [3.05, 3.63) is 267 Å². The Morgan fingerprint density at radius 2 is 0.584 bits per heavy atom. The van der Waals surface area contributed by atoms with E-state index >= 15 is 0 Å². The molecule has 9 heteroatoms. The SMILES string of the molecule is c1ccc(-c2nc3c(N(c4ccccc4)c4ccccc4-n4c5ccccc5c5ccccc54)c4nsnc4c(N(c4ccccc4)c4ccccc4-n4c5ccccc5c5ccccc54)c3nc2-c2ccccc2)cc1. The molecule has 0 amide bonds. The summed E-state index contributed by atoms with van der Waals surface area (Å²) in [4.78, 5) is 16.7. The van der Waals surface area contributed by atoms with Crippen LogP contribution in [0.1, 0.15) is 0 Å². The van der Waals surface area contributed by atoms with E-state index < -0.39 is 0 Å². The summed E-state index contributed by atoms with van der Waals surface area (Å²) in [5.41, 5.74) is 17.7. The van der Waals surface area contributed by atoms with Gasteiger partial charge in [0.2, 0.25) is 0 Å². The zero-order valence-corrected chi connectivity index (χ0v) is 42.2. The standard InChI is InChI=1S/C68H44N8S/c1-5-25-45(26-6-1)61-62(46-27-7-2-8-28-46)70-64-63(69-61)67(73(47-29-9-3-10-30-47)57-41-21-23-43-59(57)75-53-37-17-13-33-49(53)50-34-14-18-38-54(50)75)65-66(72-77-71-65)68(64)74(48-31-11-4-12-32-48)58-42-22-24-44-60(58)76-55-39-19-15-35-51(55)52-36-16-20-40-56(52)76/h1-44H. The van der Waals surface area contributed by atoms with Gasteiger partial charge in [-0.3, -0.25) is 0 Å². The largest absolute Gasteiger partial charge is 0.307 e. The van der Waals surface area contributed by atoms with Crippen molar-refractivity contribution < 1.29 is 0 Å². The molecule has 8 nitrogen and oxygen atoms in total. The van der Waals surface area contributed by atoms with Crippen LogP contribution in [0, 0.1) is 0 Å². The van der Waals surface area contributed by atoms with Gasteiger partial charge in [0.1, 0.15) is 33.4 Å². The molecule has 0 N–H and O–H groups in total. The van der Waals surface area contributed by atoms with E-state index in [-0.39, 0.29) is 0 Å². The Kier molecular flexibility index (Phi) is 10.5. The van der Waals surface area contributed by atoms with Crippen molar-refractivity contribution >= 4 is 112 Å². The molecule has 0 radical (unpaired) electrons. The van der Waals surface area contributed by atoms with Crippen LogP contribution in [-0.4, -0.2) is 27.8 Å². The fourth-order valence-corrected chi connectivity index (χ4v) is 12.0. The van der Waals surface area contributed by atoms with Crippen molar-refractivity contribution in [2.24, 2.45) is 0 Å². The van der Waals surface area contributed by atoms with Crippen LogP contribution < -0.4 is 9.80 Å². The highest BCUT2D eigenvalue weighted by Crippen LogP contribution is 2.53. The summed E-state index contributed by atoms with van der Waals surface area (Å²) in [7, 11) is 0. The molecule has 0 spiro atoms. The predicted octanol–water partition coefficient (Wildman–Crippen LogP) is 18.1. The third kappa shape index (κ3) is 7.13. The highest BCUT2D eigenvalue weighted by Gasteiger charge is 2.33. The first kappa shape index (κ1) is 44.3. The number of fused-ring (bicyclic) bond motifs is 8. The van der Waals surface area contributed by atoms with Crippen LogP contribution in [-0.2, 0) is 0 Å². The number of aromatic nitrogens is 6. The minimum absolute atomic E-state index is 0.662. The molecule has 77 heavy (non-hydrogen) atoms. The topological polar surface area (TPSA) is 67.9 Å². The molecule has 0 saturated carbocycles. The summed E-state index contributed by atoms with van der Waals surface area (Å²) < 4.78 is 15.5. The zero-order valence-electron chi connectivity index (χ0n) is 41.4. The Hall–Kier alpha value is -10.2. The van der Waals surface area contributed by atoms with Gasteiger partial charge in [-0.2, -0.15) is 8.75 Å². The lowest BCUT2D eigenvalue weighted by atomic mass is 10.0. The quantitative estimate of drug-likeness (QED) is 0.127. The third-order valence-corrected chi connectivity index (χ3v) is 15.3. The smallest absolute Gasteiger partial charge is 0.133 e. The van der Waals surface area contributed by atoms with Crippen LogP contribution >= 0.6 is 11.7 Å². The molecule has 11 aromatic carbocycles. The molecule has 0 atom stereocenters. The fourth-order valence-electron chi connectivity index (χ4n) is 11.5. The summed E-state index contributed by atoms with van der Waals surface area (Å²) >= 11 is 1.20. The van der Waals surface area contributed by atoms with Gasteiger partial charge in [0.25, 0.3) is 0 Å². The van der Waals surface area contributed by atoms with Gasteiger partial charge in [-0.25, -0.2) is 9.97 Å². The van der Waals surface area contributed by atoms with E-state index in [0.717, 1.165) is 90.1 Å². The summed E-state index contributed by atoms with van der Waals surface area (Å²) in [5, 5.41) is 4.72. The first-order chi connectivity index (χ1) is 38.3. The molecule has 4 aromatic heterocycles. The second-order valence-corrected chi connectivity index (χ2v) is 19.6. The molecule has 15 aromatic rings. The van der Waals surface area contributed by atoms with Gasteiger partial charge < -0.3 is 18.9 Å². The maximum Gasteiger partial charge on any atom is 0.133 e. The van der Waals surface area contributed by atoms with Gasteiger partial charge in [-0.15, -0.1) is 0 Å². The predicted molar refractivity (Wildman–Crippen MR) is 319 cm³/mol. The Balaban J connectivity index is 1.11. The van der Waals surface area contributed by atoms with Crippen molar-refractivity contribution in [3.8, 4) is 33.9 Å². The molecular formula is C68H44N8S. The molecular weight excluding hydrogens is 961 g/mol. The van der Waals surface area contributed by atoms with Crippen LogP contribution in [0.25, 0.3) is 99.6 Å². The van der Waals surface area contributed by atoms with E-state index in [1.54, 1.807) is 0 Å². The molecule has 0 aliphatic heterocycles. The molecule has 15 rings (SSSR count). The zero-order chi connectivity index (χ0) is 50.8. The van der Waals surface area contributed by atoms with Crippen LogP contribution in [0.15, 0.2) is 267 Å². The van der Waals surface area contributed by atoms with Crippen molar-refractivity contribution in [1.29, 1.82) is 0 Å². The van der Waals surface area contributed by atoms with Gasteiger partial charge >= 0.3 is 0 Å². The summed E-state index contributed by atoms with van der Waals surface area (Å²) in [6, 6.07) is 94.0. The Morgan fingerprint density at radius 1 is 0.286 bits per heavy atom. The van der Waals surface area contributed by atoms with Gasteiger partial charge in [0.15, 0.2) is 0 Å². The van der Waals surface area contributed by atoms with E-state index in [9.17, 15) is 0 Å². The van der Waals surface area contributed by atoms with Crippen LogP contribution in [0.5, 0.6) is 0 Å². The van der Waals surface area contributed by atoms with Crippen LogP contribution in [0.4, 0.5) is 34.1 Å². The average Bonchev–Trinajstić information content (AvgIpc) is 4.32. The molecule has 4 heterocycles. The molecule has 0 aliphatic carbocycles. The second kappa shape index (κ2) is 18.3. The summed E-state index contributed by atoms with van der Waals surface area (Å²) in [6.45, 7) is 0.